The average molecular weight is 220 g/mol. The van der Waals surface area contributed by atoms with Crippen LogP contribution in [0, 0.1) is 0 Å². The zero-order valence-corrected chi connectivity index (χ0v) is 10.3. The molecule has 1 aromatic carbocycles. The Balaban J connectivity index is 2.48. The van der Waals surface area contributed by atoms with Crippen LogP contribution < -0.4 is 0 Å². The van der Waals surface area contributed by atoms with E-state index < -0.39 is 0 Å². The minimum Gasteiger partial charge on any atom is -0.377 e. The molecule has 0 aliphatic rings. The molecule has 88 valence electrons. The van der Waals surface area contributed by atoms with E-state index >= 15 is 0 Å². The number of Topliss-reactive ketones (excluding diaryl/α,β-unsaturated/α-hetero) is 1. The van der Waals surface area contributed by atoms with Gasteiger partial charge in [0.15, 0.2) is 0 Å². The molecule has 2 heteroatoms. The lowest BCUT2D eigenvalue weighted by molar-refractivity contribution is -0.117. The van der Waals surface area contributed by atoms with Crippen LogP contribution >= 0.6 is 0 Å². The Morgan fingerprint density at radius 1 is 1.31 bits per heavy atom. The number of benzene rings is 1. The van der Waals surface area contributed by atoms with Crippen LogP contribution in [0.1, 0.15) is 43.9 Å². The first-order valence-electron chi connectivity index (χ1n) is 5.74. The van der Waals surface area contributed by atoms with Crippen molar-refractivity contribution in [3.63, 3.8) is 0 Å². The van der Waals surface area contributed by atoms with E-state index in [1.54, 1.807) is 14.0 Å². The highest BCUT2D eigenvalue weighted by Crippen LogP contribution is 2.16. The number of methoxy groups -OCH3 is 1. The molecule has 0 fully saturated rings. The highest BCUT2D eigenvalue weighted by Gasteiger charge is 2.03. The van der Waals surface area contributed by atoms with Gasteiger partial charge in [-0.25, -0.2) is 0 Å². The van der Waals surface area contributed by atoms with Crippen molar-refractivity contribution in [1.29, 1.82) is 0 Å². The third-order valence-corrected chi connectivity index (χ3v) is 2.80. The van der Waals surface area contributed by atoms with E-state index in [9.17, 15) is 4.79 Å². The highest BCUT2D eigenvalue weighted by atomic mass is 16.5. The smallest absolute Gasteiger partial charge is 0.129 e. The molecule has 1 rings (SSSR count). The summed E-state index contributed by atoms with van der Waals surface area (Å²) in [4.78, 5) is 10.8. The van der Waals surface area contributed by atoms with Gasteiger partial charge in [0, 0.05) is 13.5 Å². The summed E-state index contributed by atoms with van der Waals surface area (Å²) < 4.78 is 5.24. The monoisotopic (exact) mass is 220 g/mol. The van der Waals surface area contributed by atoms with Gasteiger partial charge in [0.05, 0.1) is 6.10 Å². The molecule has 0 radical (unpaired) electrons. The molecule has 0 aromatic heterocycles. The Labute approximate surface area is 97.6 Å². The Kier molecular flexibility index (Phi) is 5.20. The van der Waals surface area contributed by atoms with Gasteiger partial charge in [0.1, 0.15) is 5.78 Å². The number of rotatable bonds is 6. The third kappa shape index (κ3) is 4.15. The molecule has 0 bridgehead atoms. The van der Waals surface area contributed by atoms with Gasteiger partial charge in [-0.2, -0.15) is 0 Å². The second kappa shape index (κ2) is 6.44. The van der Waals surface area contributed by atoms with Crippen LogP contribution in [-0.2, 0) is 16.0 Å². The molecule has 0 saturated carbocycles. The Morgan fingerprint density at radius 3 is 2.44 bits per heavy atom. The fraction of sp³-hybridized carbons (Fsp3) is 0.500. The summed E-state index contributed by atoms with van der Waals surface area (Å²) in [5.74, 6) is 0.268. The standard InChI is InChI=1S/C14H20O2/c1-11(15)5-4-6-13-7-9-14(10-8-13)12(2)16-3/h7-10,12H,4-6H2,1-3H3. The van der Waals surface area contributed by atoms with Crippen molar-refractivity contribution in [2.75, 3.05) is 7.11 Å². The zero-order valence-electron chi connectivity index (χ0n) is 10.3. The minimum atomic E-state index is 0.145. The number of carbonyl (C=O) groups is 1. The maximum atomic E-state index is 10.8. The Hall–Kier alpha value is -1.15. The molecule has 1 aromatic rings. The molecule has 0 amide bonds. The van der Waals surface area contributed by atoms with E-state index in [1.165, 1.54) is 11.1 Å². The first-order chi connectivity index (χ1) is 7.63. The van der Waals surface area contributed by atoms with E-state index in [4.69, 9.17) is 4.74 Å². The van der Waals surface area contributed by atoms with Gasteiger partial charge in [-0.3, -0.25) is 0 Å². The van der Waals surface area contributed by atoms with Gasteiger partial charge in [0.2, 0.25) is 0 Å². The molecule has 1 unspecified atom stereocenters. The summed E-state index contributed by atoms with van der Waals surface area (Å²) in [6.07, 6.45) is 2.73. The average Bonchev–Trinajstić information content (AvgIpc) is 2.28. The van der Waals surface area contributed by atoms with Crippen LogP contribution in [0.5, 0.6) is 0 Å². The predicted octanol–water partition coefficient (Wildman–Crippen LogP) is 3.31. The summed E-state index contributed by atoms with van der Waals surface area (Å²) in [6.45, 7) is 3.67. The first kappa shape index (κ1) is 12.9. The van der Waals surface area contributed by atoms with E-state index in [0.717, 1.165) is 12.8 Å². The van der Waals surface area contributed by atoms with Gasteiger partial charge in [-0.05, 0) is 37.8 Å². The lowest BCUT2D eigenvalue weighted by Crippen LogP contribution is -1.96. The molecule has 0 saturated heterocycles. The van der Waals surface area contributed by atoms with E-state index in [2.05, 4.69) is 24.3 Å². The number of ketones is 1. The van der Waals surface area contributed by atoms with Crippen molar-refractivity contribution in [1.82, 2.24) is 0 Å². The molecule has 0 aliphatic carbocycles. The molecule has 1 atom stereocenters. The van der Waals surface area contributed by atoms with Crippen LogP contribution in [0.4, 0.5) is 0 Å². The number of carbonyl (C=O) groups excluding carboxylic acids is 1. The quantitative estimate of drug-likeness (QED) is 0.735. The highest BCUT2D eigenvalue weighted by molar-refractivity contribution is 5.75. The van der Waals surface area contributed by atoms with E-state index in [0.29, 0.717) is 6.42 Å². The summed E-state index contributed by atoms with van der Waals surface area (Å²) >= 11 is 0. The lowest BCUT2D eigenvalue weighted by atomic mass is 10.0. The third-order valence-electron chi connectivity index (χ3n) is 2.80. The maximum Gasteiger partial charge on any atom is 0.129 e. The molecule has 0 N–H and O–H groups in total. The Bertz CT molecular complexity index is 327. The predicted molar refractivity (Wildman–Crippen MR) is 65.5 cm³/mol. The second-order valence-electron chi connectivity index (χ2n) is 4.18. The number of hydrogen-bond donors (Lipinski definition) is 0. The van der Waals surface area contributed by atoms with Crippen molar-refractivity contribution < 1.29 is 9.53 Å². The maximum absolute atomic E-state index is 10.8. The molecule has 0 heterocycles. The summed E-state index contributed by atoms with van der Waals surface area (Å²) in [6, 6.07) is 8.42. The van der Waals surface area contributed by atoms with Gasteiger partial charge >= 0.3 is 0 Å². The topological polar surface area (TPSA) is 26.3 Å². The fourth-order valence-electron chi connectivity index (χ4n) is 1.63. The normalized spacial score (nSPS) is 12.4. The first-order valence-corrected chi connectivity index (χ1v) is 5.74. The fourth-order valence-corrected chi connectivity index (χ4v) is 1.63. The largest absolute Gasteiger partial charge is 0.377 e. The molecular formula is C14H20O2. The number of ether oxygens (including phenoxy) is 1. The van der Waals surface area contributed by atoms with Gasteiger partial charge in [0.25, 0.3) is 0 Å². The summed E-state index contributed by atoms with van der Waals surface area (Å²) in [7, 11) is 1.71. The lowest BCUT2D eigenvalue weighted by Gasteiger charge is -2.10. The van der Waals surface area contributed by atoms with Crippen LogP contribution in [0.25, 0.3) is 0 Å². The second-order valence-corrected chi connectivity index (χ2v) is 4.18. The van der Waals surface area contributed by atoms with E-state index in [1.807, 2.05) is 6.92 Å². The summed E-state index contributed by atoms with van der Waals surface area (Å²) in [5.41, 5.74) is 2.48. The van der Waals surface area contributed by atoms with Crippen molar-refractivity contribution >= 4 is 5.78 Å². The molecule has 16 heavy (non-hydrogen) atoms. The minimum absolute atomic E-state index is 0.145. The van der Waals surface area contributed by atoms with Crippen molar-refractivity contribution in [2.24, 2.45) is 0 Å². The summed E-state index contributed by atoms with van der Waals surface area (Å²) in [5, 5.41) is 0. The van der Waals surface area contributed by atoms with Gasteiger partial charge in [-0.15, -0.1) is 0 Å². The molecule has 0 aliphatic heterocycles. The van der Waals surface area contributed by atoms with Gasteiger partial charge < -0.3 is 9.53 Å². The van der Waals surface area contributed by atoms with Crippen LogP contribution in [0.15, 0.2) is 24.3 Å². The van der Waals surface area contributed by atoms with Crippen LogP contribution in [0.3, 0.4) is 0 Å². The van der Waals surface area contributed by atoms with Gasteiger partial charge in [-0.1, -0.05) is 24.3 Å². The number of hydrogen-bond acceptors (Lipinski definition) is 2. The molecule has 2 nitrogen and oxygen atoms in total. The zero-order chi connectivity index (χ0) is 12.0. The van der Waals surface area contributed by atoms with Crippen molar-refractivity contribution in [3.8, 4) is 0 Å². The number of aryl methyl sites for hydroxylation is 1. The Morgan fingerprint density at radius 2 is 1.94 bits per heavy atom. The SMILES string of the molecule is COC(C)c1ccc(CCCC(C)=O)cc1. The van der Waals surface area contributed by atoms with Crippen LogP contribution in [0.2, 0.25) is 0 Å². The molecule has 0 spiro atoms. The van der Waals surface area contributed by atoms with Crippen molar-refractivity contribution in [2.45, 2.75) is 39.2 Å². The van der Waals surface area contributed by atoms with E-state index in [-0.39, 0.29) is 11.9 Å². The van der Waals surface area contributed by atoms with Crippen molar-refractivity contribution in [3.05, 3.63) is 35.4 Å². The van der Waals surface area contributed by atoms with Crippen LogP contribution in [-0.4, -0.2) is 12.9 Å². The molecular weight excluding hydrogens is 200 g/mol.